The molecule has 0 unspecified atom stereocenters. The van der Waals surface area contributed by atoms with Crippen LogP contribution in [-0.4, -0.2) is 62.5 Å². The molecule has 1 saturated heterocycles. The molecule has 1 aliphatic carbocycles. The summed E-state index contributed by atoms with van der Waals surface area (Å²) < 4.78 is 7.89. The van der Waals surface area contributed by atoms with Gasteiger partial charge in [0.2, 0.25) is 5.91 Å². The molecule has 0 bridgehead atoms. The molecule has 5 heterocycles. The summed E-state index contributed by atoms with van der Waals surface area (Å²) in [6.07, 6.45) is 14.9. The molecule has 3 aromatic rings. The first kappa shape index (κ1) is 24.4. The average Bonchev–Trinajstić information content (AvgIpc) is 3.68. The molecule has 0 spiro atoms. The highest BCUT2D eigenvalue weighted by Gasteiger charge is 2.29. The predicted octanol–water partition coefficient (Wildman–Crippen LogP) is 3.92. The fourth-order valence-electron chi connectivity index (χ4n) is 6.47. The van der Waals surface area contributed by atoms with E-state index in [0.29, 0.717) is 19.1 Å². The summed E-state index contributed by atoms with van der Waals surface area (Å²) in [5, 5.41) is 3.25. The molecule has 37 heavy (non-hydrogen) atoms. The number of fused-ring (bicyclic) bond motifs is 3. The van der Waals surface area contributed by atoms with Gasteiger partial charge in [-0.3, -0.25) is 9.69 Å². The zero-order chi connectivity index (χ0) is 25.0. The molecule has 0 aromatic carbocycles. The number of rotatable bonds is 8. The Balaban J connectivity index is 1.09. The van der Waals surface area contributed by atoms with Gasteiger partial charge in [-0.1, -0.05) is 19.3 Å². The number of aryl methyl sites for hydroxylation is 2. The predicted molar refractivity (Wildman–Crippen MR) is 142 cm³/mol. The normalized spacial score (nSPS) is 20.9. The van der Waals surface area contributed by atoms with E-state index in [1.165, 1.54) is 44.9 Å². The molecule has 9 nitrogen and oxygen atoms in total. The third-order valence-electron chi connectivity index (χ3n) is 8.44. The summed E-state index contributed by atoms with van der Waals surface area (Å²) in [5.41, 5.74) is 1.84. The topological polar surface area (TPSA) is 92.3 Å². The van der Waals surface area contributed by atoms with Crippen molar-refractivity contribution in [1.82, 2.24) is 29.7 Å². The van der Waals surface area contributed by atoms with Crippen molar-refractivity contribution in [2.45, 2.75) is 83.3 Å². The largest absolute Gasteiger partial charge is 0.468 e. The number of aromatic nitrogens is 4. The summed E-state index contributed by atoms with van der Waals surface area (Å²) in [6, 6.07) is 4.57. The molecule has 1 atom stereocenters. The lowest BCUT2D eigenvalue weighted by atomic mass is 9.97. The molecule has 198 valence electrons. The van der Waals surface area contributed by atoms with Crippen molar-refractivity contribution in [1.29, 1.82) is 0 Å². The van der Waals surface area contributed by atoms with Crippen LogP contribution in [0.25, 0.3) is 11.2 Å². The van der Waals surface area contributed by atoms with E-state index in [4.69, 9.17) is 9.40 Å². The number of piperidine rings is 1. The van der Waals surface area contributed by atoms with Crippen molar-refractivity contribution in [3.05, 3.63) is 36.3 Å². The van der Waals surface area contributed by atoms with Crippen LogP contribution in [0.15, 0.2) is 29.1 Å². The van der Waals surface area contributed by atoms with Gasteiger partial charge in [-0.15, -0.1) is 0 Å². The monoisotopic (exact) mass is 505 g/mol. The van der Waals surface area contributed by atoms with E-state index in [1.54, 1.807) is 12.6 Å². The molecule has 1 N–H and O–H groups in total. The maximum absolute atomic E-state index is 13.2. The lowest BCUT2D eigenvalue weighted by Crippen LogP contribution is -2.45. The number of nitrogens with zero attached hydrogens (tertiary/aromatic N) is 6. The summed E-state index contributed by atoms with van der Waals surface area (Å²) >= 11 is 0. The molecule has 2 aliphatic heterocycles. The van der Waals surface area contributed by atoms with Crippen LogP contribution in [0.2, 0.25) is 0 Å². The number of hydrogen-bond donors (Lipinski definition) is 1. The van der Waals surface area contributed by atoms with Crippen LogP contribution in [-0.2, 0) is 24.3 Å². The molecule has 1 saturated carbocycles. The second-order valence-corrected chi connectivity index (χ2v) is 10.9. The summed E-state index contributed by atoms with van der Waals surface area (Å²) in [5.74, 6) is 3.12. The van der Waals surface area contributed by atoms with Crippen LogP contribution in [0.3, 0.4) is 0 Å². The summed E-state index contributed by atoms with van der Waals surface area (Å²) in [6.45, 7) is 4.88. The molecule has 3 aromatic heterocycles. The minimum atomic E-state index is -0.0378. The highest BCUT2D eigenvalue weighted by Crippen LogP contribution is 2.29. The van der Waals surface area contributed by atoms with Gasteiger partial charge in [-0.2, -0.15) is 0 Å². The number of amides is 1. The van der Waals surface area contributed by atoms with Gasteiger partial charge in [-0.05, 0) is 50.7 Å². The molecular formula is C28H39N7O2. The van der Waals surface area contributed by atoms with Crippen molar-refractivity contribution in [2.75, 3.05) is 31.1 Å². The van der Waals surface area contributed by atoms with E-state index in [1.807, 2.05) is 12.1 Å². The van der Waals surface area contributed by atoms with Crippen molar-refractivity contribution in [2.24, 2.45) is 5.92 Å². The minimum absolute atomic E-state index is 0.0378. The average molecular weight is 506 g/mol. The van der Waals surface area contributed by atoms with E-state index in [9.17, 15) is 4.79 Å². The Hall–Kier alpha value is -2.94. The highest BCUT2D eigenvalue weighted by atomic mass is 16.3. The third kappa shape index (κ3) is 5.37. The van der Waals surface area contributed by atoms with Crippen molar-refractivity contribution >= 4 is 22.9 Å². The van der Waals surface area contributed by atoms with Gasteiger partial charge in [0.1, 0.15) is 17.9 Å². The molecule has 2 fully saturated rings. The van der Waals surface area contributed by atoms with Gasteiger partial charge in [0, 0.05) is 45.2 Å². The number of furan rings is 1. The lowest BCUT2D eigenvalue weighted by Gasteiger charge is -2.33. The Labute approximate surface area is 218 Å². The van der Waals surface area contributed by atoms with Crippen LogP contribution in [0.5, 0.6) is 0 Å². The van der Waals surface area contributed by atoms with Gasteiger partial charge < -0.3 is 19.2 Å². The number of hydrogen-bond acceptors (Lipinski definition) is 7. The zero-order valence-corrected chi connectivity index (χ0v) is 21.8. The lowest BCUT2D eigenvalue weighted by molar-refractivity contribution is -0.125. The summed E-state index contributed by atoms with van der Waals surface area (Å²) in [7, 11) is 0. The van der Waals surface area contributed by atoms with E-state index in [2.05, 4.69) is 29.7 Å². The van der Waals surface area contributed by atoms with Crippen molar-refractivity contribution in [3.63, 3.8) is 0 Å². The zero-order valence-electron chi connectivity index (χ0n) is 21.8. The first-order valence-electron chi connectivity index (χ1n) is 14.3. The minimum Gasteiger partial charge on any atom is -0.468 e. The number of nitrogens with one attached hydrogen (secondary N) is 1. The maximum Gasteiger partial charge on any atom is 0.224 e. The fraction of sp³-hybridized carbons (Fsp3) is 0.643. The van der Waals surface area contributed by atoms with Crippen LogP contribution in [0.4, 0.5) is 5.82 Å². The second-order valence-electron chi connectivity index (χ2n) is 10.9. The first-order chi connectivity index (χ1) is 18.3. The molecule has 3 aliphatic rings. The molecule has 6 rings (SSSR count). The van der Waals surface area contributed by atoms with Crippen molar-refractivity contribution < 1.29 is 9.21 Å². The second kappa shape index (κ2) is 11.2. The number of carbonyl (C=O) groups excluding carboxylic acids is 1. The molecule has 0 radical (unpaired) electrons. The first-order valence-corrected chi connectivity index (χ1v) is 14.3. The van der Waals surface area contributed by atoms with E-state index in [-0.39, 0.29) is 11.8 Å². The Bertz CT molecular complexity index is 1180. The SMILES string of the molecule is O=C(NCCN(Cc1ccco1)C1CCCC1)[C@H]1CCCN(c2ncnc3c2nc2n3CCCCC2)C1. The Morgan fingerprint density at radius 3 is 2.86 bits per heavy atom. The van der Waals surface area contributed by atoms with Gasteiger partial charge in [0.25, 0.3) is 0 Å². The van der Waals surface area contributed by atoms with Crippen LogP contribution in [0.1, 0.15) is 69.4 Å². The van der Waals surface area contributed by atoms with Gasteiger partial charge in [-0.25, -0.2) is 15.0 Å². The molecule has 1 amide bonds. The van der Waals surface area contributed by atoms with Crippen molar-refractivity contribution in [3.8, 4) is 0 Å². The van der Waals surface area contributed by atoms with Crippen LogP contribution >= 0.6 is 0 Å². The van der Waals surface area contributed by atoms with Crippen LogP contribution < -0.4 is 10.2 Å². The highest BCUT2D eigenvalue weighted by molar-refractivity contribution is 5.85. The number of anilines is 1. The van der Waals surface area contributed by atoms with E-state index < -0.39 is 0 Å². The standard InChI is InChI=1S/C28H39N7O2/c36-28(29-13-16-33(22-9-3-4-10-22)19-23-11-7-17-37-23)21-8-6-14-34(18-21)26-25-27(31-20-30-26)35-15-5-1-2-12-24(35)32-25/h7,11,17,20-22H,1-6,8-10,12-16,18-19H2,(H,29,36)/t21-/m0/s1. The Kier molecular flexibility index (Phi) is 7.39. The summed E-state index contributed by atoms with van der Waals surface area (Å²) in [4.78, 5) is 32.2. The smallest absolute Gasteiger partial charge is 0.224 e. The molecular weight excluding hydrogens is 466 g/mol. The van der Waals surface area contributed by atoms with Gasteiger partial charge in [0.15, 0.2) is 17.0 Å². The van der Waals surface area contributed by atoms with Crippen LogP contribution in [0, 0.1) is 5.92 Å². The maximum atomic E-state index is 13.2. The molecule has 9 heteroatoms. The van der Waals surface area contributed by atoms with E-state index >= 15 is 0 Å². The number of carbonyl (C=O) groups is 1. The van der Waals surface area contributed by atoms with E-state index in [0.717, 1.165) is 74.0 Å². The number of imidazole rings is 1. The quantitative estimate of drug-likeness (QED) is 0.496. The van der Waals surface area contributed by atoms with Gasteiger partial charge >= 0.3 is 0 Å². The fourth-order valence-corrected chi connectivity index (χ4v) is 6.47. The Morgan fingerprint density at radius 1 is 1.08 bits per heavy atom. The van der Waals surface area contributed by atoms with Gasteiger partial charge in [0.05, 0.1) is 18.7 Å². The Morgan fingerprint density at radius 2 is 2.00 bits per heavy atom. The third-order valence-corrected chi connectivity index (χ3v) is 8.44.